The Morgan fingerprint density at radius 3 is 2.64 bits per heavy atom. The standard InChI is InChI=1S/C24H28FNO2/c1-14-17-7-9-26(4)13-21(17)16(3)23(18(14)8-10-27)20-12-22(25)24-19(15(20)2)6-5-11-28-24/h10,12H,5-9,11,13H2,1-4H3. The van der Waals surface area contributed by atoms with Gasteiger partial charge in [-0.25, -0.2) is 4.39 Å². The summed E-state index contributed by atoms with van der Waals surface area (Å²) in [6.45, 7) is 8.81. The van der Waals surface area contributed by atoms with Crippen molar-refractivity contribution in [3.8, 4) is 16.9 Å². The summed E-state index contributed by atoms with van der Waals surface area (Å²) >= 11 is 0. The zero-order valence-corrected chi connectivity index (χ0v) is 17.2. The van der Waals surface area contributed by atoms with E-state index in [1.807, 2.05) is 0 Å². The SMILES string of the molecule is Cc1c(-c2c(C)c3c(c(C)c2CC=O)CCN(C)C3)cc(F)c2c1CCCO2. The van der Waals surface area contributed by atoms with Crippen LogP contribution in [0.5, 0.6) is 5.75 Å². The van der Waals surface area contributed by atoms with E-state index >= 15 is 0 Å². The number of likely N-dealkylation sites (N-methyl/N-ethyl adjacent to an activating group) is 1. The largest absolute Gasteiger partial charge is 0.490 e. The van der Waals surface area contributed by atoms with Crippen LogP contribution in [0.25, 0.3) is 11.1 Å². The third-order valence-electron chi connectivity index (χ3n) is 6.56. The number of rotatable bonds is 3. The molecule has 0 aromatic heterocycles. The Morgan fingerprint density at radius 1 is 1.11 bits per heavy atom. The highest BCUT2D eigenvalue weighted by atomic mass is 19.1. The number of benzene rings is 2. The number of hydrogen-bond donors (Lipinski definition) is 0. The molecule has 0 amide bonds. The third kappa shape index (κ3) is 2.95. The van der Waals surface area contributed by atoms with Crippen LogP contribution >= 0.6 is 0 Å². The molecule has 0 atom stereocenters. The molecule has 4 heteroatoms. The molecule has 3 nitrogen and oxygen atoms in total. The van der Waals surface area contributed by atoms with Gasteiger partial charge >= 0.3 is 0 Å². The minimum Gasteiger partial charge on any atom is -0.490 e. The Kier molecular flexibility index (Phi) is 5.00. The number of carbonyl (C=O) groups excluding carboxylic acids is 1. The van der Waals surface area contributed by atoms with Crippen LogP contribution in [-0.2, 0) is 30.6 Å². The smallest absolute Gasteiger partial charge is 0.165 e. The molecule has 148 valence electrons. The highest BCUT2D eigenvalue weighted by Crippen LogP contribution is 2.42. The summed E-state index contributed by atoms with van der Waals surface area (Å²) < 4.78 is 20.6. The number of fused-ring (bicyclic) bond motifs is 2. The molecule has 0 unspecified atom stereocenters. The van der Waals surface area contributed by atoms with Crippen LogP contribution in [0.3, 0.4) is 0 Å². The van der Waals surface area contributed by atoms with Crippen molar-refractivity contribution in [3.63, 3.8) is 0 Å². The lowest BCUT2D eigenvalue weighted by molar-refractivity contribution is -0.107. The molecule has 2 aromatic carbocycles. The van der Waals surface area contributed by atoms with E-state index in [9.17, 15) is 9.18 Å². The quantitative estimate of drug-likeness (QED) is 0.735. The van der Waals surface area contributed by atoms with Gasteiger partial charge in [0.05, 0.1) is 6.61 Å². The first-order chi connectivity index (χ1) is 13.4. The van der Waals surface area contributed by atoms with Gasteiger partial charge in [-0.05, 0) is 97.7 Å². The maximum absolute atomic E-state index is 14.9. The Labute approximate surface area is 166 Å². The van der Waals surface area contributed by atoms with Crippen LogP contribution in [0.15, 0.2) is 6.07 Å². The zero-order valence-electron chi connectivity index (χ0n) is 17.2. The first kappa shape index (κ1) is 19.1. The summed E-state index contributed by atoms with van der Waals surface area (Å²) in [7, 11) is 2.14. The van der Waals surface area contributed by atoms with E-state index in [0.717, 1.165) is 66.5 Å². The van der Waals surface area contributed by atoms with E-state index in [1.54, 1.807) is 6.07 Å². The first-order valence-electron chi connectivity index (χ1n) is 10.1. The minimum atomic E-state index is -0.292. The molecular weight excluding hydrogens is 353 g/mol. The first-order valence-corrected chi connectivity index (χ1v) is 10.1. The molecule has 2 heterocycles. The van der Waals surface area contributed by atoms with Crippen molar-refractivity contribution in [2.24, 2.45) is 0 Å². The number of nitrogens with zero attached hydrogens (tertiary/aromatic N) is 1. The number of carbonyl (C=O) groups is 1. The van der Waals surface area contributed by atoms with Crippen LogP contribution in [0.2, 0.25) is 0 Å². The van der Waals surface area contributed by atoms with E-state index in [0.29, 0.717) is 18.8 Å². The molecule has 0 N–H and O–H groups in total. The van der Waals surface area contributed by atoms with Gasteiger partial charge < -0.3 is 14.4 Å². The molecule has 0 radical (unpaired) electrons. The van der Waals surface area contributed by atoms with Gasteiger partial charge in [-0.3, -0.25) is 0 Å². The summed E-state index contributed by atoms with van der Waals surface area (Å²) in [5.41, 5.74) is 10.2. The van der Waals surface area contributed by atoms with Gasteiger partial charge in [0.15, 0.2) is 11.6 Å². The lowest BCUT2D eigenvalue weighted by Gasteiger charge is -2.32. The second-order valence-corrected chi connectivity index (χ2v) is 8.21. The average Bonchev–Trinajstić information content (AvgIpc) is 2.69. The van der Waals surface area contributed by atoms with Crippen LogP contribution < -0.4 is 4.74 Å². The Balaban J connectivity index is 2.02. The fourth-order valence-corrected chi connectivity index (χ4v) is 5.02. The predicted octanol–water partition coefficient (Wildman–Crippen LogP) is 4.47. The molecule has 0 saturated heterocycles. The number of ether oxygens (including phenoxy) is 1. The van der Waals surface area contributed by atoms with Crippen LogP contribution in [0.4, 0.5) is 4.39 Å². The van der Waals surface area contributed by atoms with Gasteiger partial charge in [0.25, 0.3) is 0 Å². The molecule has 2 aliphatic rings. The van der Waals surface area contributed by atoms with E-state index in [4.69, 9.17) is 4.74 Å². The zero-order chi connectivity index (χ0) is 20.0. The lowest BCUT2D eigenvalue weighted by atomic mass is 9.79. The van der Waals surface area contributed by atoms with E-state index in [2.05, 4.69) is 32.7 Å². The highest BCUT2D eigenvalue weighted by Gasteiger charge is 2.27. The molecule has 4 rings (SSSR count). The predicted molar refractivity (Wildman–Crippen MR) is 110 cm³/mol. The Bertz CT molecular complexity index is 964. The molecular formula is C24H28FNO2. The Morgan fingerprint density at radius 2 is 1.89 bits per heavy atom. The van der Waals surface area contributed by atoms with Crippen molar-refractivity contribution in [2.75, 3.05) is 20.2 Å². The highest BCUT2D eigenvalue weighted by molar-refractivity contribution is 5.81. The maximum Gasteiger partial charge on any atom is 0.165 e. The van der Waals surface area contributed by atoms with Crippen molar-refractivity contribution < 1.29 is 13.9 Å². The van der Waals surface area contributed by atoms with Crippen LogP contribution in [-0.4, -0.2) is 31.4 Å². The second kappa shape index (κ2) is 7.32. The van der Waals surface area contributed by atoms with Crippen molar-refractivity contribution in [1.82, 2.24) is 4.90 Å². The summed E-state index contributed by atoms with van der Waals surface area (Å²) in [6.07, 6.45) is 4.07. The third-order valence-corrected chi connectivity index (χ3v) is 6.56. The summed E-state index contributed by atoms with van der Waals surface area (Å²) in [5, 5.41) is 0. The van der Waals surface area contributed by atoms with E-state index in [1.165, 1.54) is 22.3 Å². The van der Waals surface area contributed by atoms with E-state index in [-0.39, 0.29) is 5.82 Å². The second-order valence-electron chi connectivity index (χ2n) is 8.21. The molecule has 0 fully saturated rings. The van der Waals surface area contributed by atoms with Gasteiger partial charge in [-0.15, -0.1) is 0 Å². The van der Waals surface area contributed by atoms with Crippen molar-refractivity contribution >= 4 is 6.29 Å². The topological polar surface area (TPSA) is 29.5 Å². The minimum absolute atomic E-state index is 0.292. The summed E-state index contributed by atoms with van der Waals surface area (Å²) in [4.78, 5) is 13.8. The molecule has 2 aliphatic heterocycles. The van der Waals surface area contributed by atoms with Crippen molar-refractivity contribution in [2.45, 2.75) is 53.0 Å². The van der Waals surface area contributed by atoms with Crippen LogP contribution in [0.1, 0.15) is 45.4 Å². The average molecular weight is 381 g/mol. The molecule has 0 bridgehead atoms. The maximum atomic E-state index is 14.9. The Hall–Kier alpha value is -2.20. The number of halogens is 1. The molecule has 0 saturated carbocycles. The van der Waals surface area contributed by atoms with Gasteiger partial charge in [-0.1, -0.05) is 0 Å². The summed E-state index contributed by atoms with van der Waals surface area (Å²) in [6, 6.07) is 1.62. The molecule has 0 aliphatic carbocycles. The fraction of sp³-hybridized carbons (Fsp3) is 0.458. The number of hydrogen-bond acceptors (Lipinski definition) is 3. The van der Waals surface area contributed by atoms with Gasteiger partial charge in [0, 0.05) is 25.1 Å². The monoisotopic (exact) mass is 381 g/mol. The van der Waals surface area contributed by atoms with Crippen LogP contribution in [0, 0.1) is 26.6 Å². The van der Waals surface area contributed by atoms with Crippen molar-refractivity contribution in [1.29, 1.82) is 0 Å². The van der Waals surface area contributed by atoms with Gasteiger partial charge in [-0.2, -0.15) is 0 Å². The lowest BCUT2D eigenvalue weighted by Crippen LogP contribution is -2.28. The fourth-order valence-electron chi connectivity index (χ4n) is 5.02. The normalized spacial score (nSPS) is 16.3. The van der Waals surface area contributed by atoms with Crippen molar-refractivity contribution in [3.05, 3.63) is 50.8 Å². The molecule has 28 heavy (non-hydrogen) atoms. The molecule has 2 aromatic rings. The number of aldehydes is 1. The van der Waals surface area contributed by atoms with Gasteiger partial charge in [0.1, 0.15) is 6.29 Å². The summed E-state index contributed by atoms with van der Waals surface area (Å²) in [5.74, 6) is 0.121. The molecule has 0 spiro atoms. The van der Waals surface area contributed by atoms with Gasteiger partial charge in [0.2, 0.25) is 0 Å². The van der Waals surface area contributed by atoms with E-state index < -0.39 is 0 Å².